The van der Waals surface area contributed by atoms with Crippen LogP contribution in [-0.4, -0.2) is 12.5 Å². The van der Waals surface area contributed by atoms with Crippen molar-refractivity contribution in [3.8, 4) is 0 Å². The molecule has 18 heavy (non-hydrogen) atoms. The fraction of sp³-hybridized carbons (Fsp3) is 0.417. The summed E-state index contributed by atoms with van der Waals surface area (Å²) in [6, 6.07) is 2.98. The van der Waals surface area contributed by atoms with Gasteiger partial charge in [0.1, 0.15) is 0 Å². The molecule has 0 radical (unpaired) electrons. The number of alkyl halides is 3. The minimum atomic E-state index is -4.47. The highest BCUT2D eigenvalue weighted by molar-refractivity contribution is 5.90. The first-order valence-electron chi connectivity index (χ1n) is 5.60. The van der Waals surface area contributed by atoms with Crippen molar-refractivity contribution in [1.29, 1.82) is 0 Å². The van der Waals surface area contributed by atoms with Gasteiger partial charge in [-0.1, -0.05) is 6.07 Å². The number of anilines is 1. The molecule has 0 aliphatic carbocycles. The highest BCUT2D eigenvalue weighted by atomic mass is 19.4. The first-order chi connectivity index (χ1) is 8.39. The van der Waals surface area contributed by atoms with Crippen LogP contribution in [0.1, 0.15) is 23.6 Å². The van der Waals surface area contributed by atoms with Crippen LogP contribution in [0.15, 0.2) is 12.1 Å². The molecular weight excluding hydrogens is 245 g/mol. The number of rotatable bonds is 1. The molecule has 0 unspecified atom stereocenters. The van der Waals surface area contributed by atoms with Crippen molar-refractivity contribution in [3.63, 3.8) is 0 Å². The molecule has 0 atom stereocenters. The summed E-state index contributed by atoms with van der Waals surface area (Å²) in [7, 11) is 0. The summed E-state index contributed by atoms with van der Waals surface area (Å²) < 4.78 is 39.3. The SMILES string of the molecule is CC(=O)Nc1ccc2c(c1C(F)(F)F)CNCC2. The van der Waals surface area contributed by atoms with Gasteiger partial charge in [-0.2, -0.15) is 13.2 Å². The zero-order chi connectivity index (χ0) is 13.3. The number of amides is 1. The van der Waals surface area contributed by atoms with Crippen LogP contribution in [0.3, 0.4) is 0 Å². The molecule has 2 N–H and O–H groups in total. The van der Waals surface area contributed by atoms with E-state index in [0.717, 1.165) is 0 Å². The second kappa shape index (κ2) is 4.61. The van der Waals surface area contributed by atoms with Crippen LogP contribution >= 0.6 is 0 Å². The lowest BCUT2D eigenvalue weighted by Gasteiger charge is -2.24. The Kier molecular flexibility index (Phi) is 3.30. The minimum Gasteiger partial charge on any atom is -0.326 e. The van der Waals surface area contributed by atoms with Crippen molar-refractivity contribution in [2.75, 3.05) is 11.9 Å². The lowest BCUT2D eigenvalue weighted by molar-refractivity contribution is -0.137. The van der Waals surface area contributed by atoms with E-state index in [-0.39, 0.29) is 17.8 Å². The van der Waals surface area contributed by atoms with Crippen LogP contribution in [0.25, 0.3) is 0 Å². The molecule has 3 nitrogen and oxygen atoms in total. The first kappa shape index (κ1) is 12.9. The maximum absolute atomic E-state index is 13.1. The quantitative estimate of drug-likeness (QED) is 0.811. The van der Waals surface area contributed by atoms with E-state index in [9.17, 15) is 18.0 Å². The van der Waals surface area contributed by atoms with E-state index < -0.39 is 17.6 Å². The van der Waals surface area contributed by atoms with Crippen molar-refractivity contribution in [1.82, 2.24) is 5.32 Å². The van der Waals surface area contributed by atoms with Crippen molar-refractivity contribution in [3.05, 3.63) is 28.8 Å². The Balaban J connectivity index is 2.57. The summed E-state index contributed by atoms with van der Waals surface area (Å²) in [6.45, 7) is 2.04. The summed E-state index contributed by atoms with van der Waals surface area (Å²) in [5.74, 6) is -0.510. The number of benzene rings is 1. The first-order valence-corrected chi connectivity index (χ1v) is 5.60. The molecular formula is C12H13F3N2O. The normalized spacial score (nSPS) is 15.1. The Bertz CT molecular complexity index is 483. The Labute approximate surface area is 102 Å². The van der Waals surface area contributed by atoms with Gasteiger partial charge in [0, 0.05) is 13.5 Å². The van der Waals surface area contributed by atoms with Gasteiger partial charge >= 0.3 is 6.18 Å². The zero-order valence-electron chi connectivity index (χ0n) is 9.82. The van der Waals surface area contributed by atoms with Crippen molar-refractivity contribution in [2.45, 2.75) is 26.1 Å². The van der Waals surface area contributed by atoms with Gasteiger partial charge in [0.2, 0.25) is 5.91 Å². The van der Waals surface area contributed by atoms with E-state index >= 15 is 0 Å². The Morgan fingerprint density at radius 2 is 2.11 bits per heavy atom. The largest absolute Gasteiger partial charge is 0.418 e. The summed E-state index contributed by atoms with van der Waals surface area (Å²) in [6.07, 6.45) is -3.90. The monoisotopic (exact) mass is 258 g/mol. The third-order valence-corrected chi connectivity index (χ3v) is 2.88. The molecule has 0 spiro atoms. The number of fused-ring (bicyclic) bond motifs is 1. The molecule has 98 valence electrons. The molecule has 1 aromatic rings. The minimum absolute atomic E-state index is 0.169. The second-order valence-electron chi connectivity index (χ2n) is 4.23. The van der Waals surface area contributed by atoms with Crippen LogP contribution in [0.2, 0.25) is 0 Å². The average molecular weight is 258 g/mol. The molecule has 1 aromatic carbocycles. The van der Waals surface area contributed by atoms with Gasteiger partial charge in [0.05, 0.1) is 11.3 Å². The molecule has 0 saturated heterocycles. The number of hydrogen-bond acceptors (Lipinski definition) is 2. The van der Waals surface area contributed by atoms with E-state index in [1.54, 1.807) is 6.07 Å². The van der Waals surface area contributed by atoms with Gasteiger partial charge in [0.25, 0.3) is 0 Å². The van der Waals surface area contributed by atoms with E-state index in [1.165, 1.54) is 13.0 Å². The third kappa shape index (κ3) is 2.48. The molecule has 0 aromatic heterocycles. The maximum atomic E-state index is 13.1. The summed E-state index contributed by atoms with van der Waals surface area (Å²) >= 11 is 0. The Morgan fingerprint density at radius 3 is 2.72 bits per heavy atom. The Hall–Kier alpha value is -1.56. The lowest BCUT2D eigenvalue weighted by atomic mass is 9.94. The topological polar surface area (TPSA) is 41.1 Å². The predicted octanol–water partition coefficient (Wildman–Crippen LogP) is 2.31. The molecule has 1 amide bonds. The van der Waals surface area contributed by atoms with Gasteiger partial charge < -0.3 is 10.6 Å². The van der Waals surface area contributed by atoms with Gasteiger partial charge in [-0.25, -0.2) is 0 Å². The number of halogens is 3. The summed E-state index contributed by atoms with van der Waals surface area (Å²) in [5, 5.41) is 5.16. The standard InChI is InChI=1S/C12H13F3N2O/c1-7(18)17-10-3-2-8-4-5-16-6-9(8)11(10)12(13,14)15/h2-3,16H,4-6H2,1H3,(H,17,18). The fourth-order valence-electron chi connectivity index (χ4n) is 2.18. The molecule has 1 heterocycles. The van der Waals surface area contributed by atoms with Gasteiger partial charge in [-0.3, -0.25) is 4.79 Å². The van der Waals surface area contributed by atoms with Crippen LogP contribution in [-0.2, 0) is 23.9 Å². The highest BCUT2D eigenvalue weighted by Gasteiger charge is 2.37. The third-order valence-electron chi connectivity index (χ3n) is 2.88. The average Bonchev–Trinajstić information content (AvgIpc) is 2.26. The van der Waals surface area contributed by atoms with Crippen LogP contribution in [0.5, 0.6) is 0 Å². The zero-order valence-corrected chi connectivity index (χ0v) is 9.82. The lowest BCUT2D eigenvalue weighted by Crippen LogP contribution is -2.28. The van der Waals surface area contributed by atoms with E-state index in [1.807, 2.05) is 0 Å². The van der Waals surface area contributed by atoms with Gasteiger partial charge in [0.15, 0.2) is 0 Å². The van der Waals surface area contributed by atoms with Crippen LogP contribution in [0.4, 0.5) is 18.9 Å². The molecule has 1 aliphatic rings. The molecule has 0 bridgehead atoms. The molecule has 6 heteroatoms. The number of carbonyl (C=O) groups excluding carboxylic acids is 1. The van der Waals surface area contributed by atoms with Gasteiger partial charge in [-0.05, 0) is 30.2 Å². The van der Waals surface area contributed by atoms with Crippen molar-refractivity contribution >= 4 is 11.6 Å². The maximum Gasteiger partial charge on any atom is 0.418 e. The highest BCUT2D eigenvalue weighted by Crippen LogP contribution is 2.39. The van der Waals surface area contributed by atoms with Crippen molar-refractivity contribution < 1.29 is 18.0 Å². The summed E-state index contributed by atoms with van der Waals surface area (Å²) in [4.78, 5) is 11.0. The smallest absolute Gasteiger partial charge is 0.326 e. The molecule has 0 fully saturated rings. The number of nitrogens with one attached hydrogen (secondary N) is 2. The number of carbonyl (C=O) groups is 1. The van der Waals surface area contributed by atoms with Crippen LogP contribution in [0, 0.1) is 0 Å². The van der Waals surface area contributed by atoms with Crippen molar-refractivity contribution in [2.24, 2.45) is 0 Å². The predicted molar refractivity (Wildman–Crippen MR) is 61.2 cm³/mol. The fourth-order valence-corrected chi connectivity index (χ4v) is 2.18. The van der Waals surface area contributed by atoms with Gasteiger partial charge in [-0.15, -0.1) is 0 Å². The second-order valence-corrected chi connectivity index (χ2v) is 4.23. The molecule has 0 saturated carbocycles. The number of hydrogen-bond donors (Lipinski definition) is 2. The van der Waals surface area contributed by atoms with E-state index in [0.29, 0.717) is 18.5 Å². The van der Waals surface area contributed by atoms with E-state index in [2.05, 4.69) is 10.6 Å². The van der Waals surface area contributed by atoms with E-state index in [4.69, 9.17) is 0 Å². The summed E-state index contributed by atoms with van der Waals surface area (Å²) in [5.41, 5.74) is 0.0232. The molecule has 2 rings (SSSR count). The molecule has 1 aliphatic heterocycles. The Morgan fingerprint density at radius 1 is 1.39 bits per heavy atom. The van der Waals surface area contributed by atoms with Crippen LogP contribution < -0.4 is 10.6 Å².